The lowest BCUT2D eigenvalue weighted by Crippen LogP contribution is -2.40. The number of likely N-dealkylation sites (N-methyl/N-ethyl adjacent to an activating group) is 1. The van der Waals surface area contributed by atoms with E-state index in [0.29, 0.717) is 11.4 Å². The highest BCUT2D eigenvalue weighted by Crippen LogP contribution is 2.29. The zero-order valence-corrected chi connectivity index (χ0v) is 14.2. The minimum Gasteiger partial charge on any atom is -0.389 e. The predicted molar refractivity (Wildman–Crippen MR) is 88.8 cm³/mol. The monoisotopic (exact) mass is 331 g/mol. The summed E-state index contributed by atoms with van der Waals surface area (Å²) in [6.07, 6.45) is 2.47. The average molecular weight is 331 g/mol. The summed E-state index contributed by atoms with van der Waals surface area (Å²) in [5.41, 5.74) is 1.53. The summed E-state index contributed by atoms with van der Waals surface area (Å²) in [5.74, 6) is -0.607. The Morgan fingerprint density at radius 1 is 1.38 bits per heavy atom. The first kappa shape index (κ1) is 16.6. The van der Waals surface area contributed by atoms with Gasteiger partial charge in [0.2, 0.25) is 0 Å². The van der Waals surface area contributed by atoms with Gasteiger partial charge >= 0.3 is 0 Å². The van der Waals surface area contributed by atoms with Crippen LogP contribution in [0.25, 0.3) is 5.69 Å². The summed E-state index contributed by atoms with van der Waals surface area (Å²) in [6, 6.07) is 6.44. The van der Waals surface area contributed by atoms with Crippen LogP contribution >= 0.6 is 0 Å². The van der Waals surface area contributed by atoms with E-state index in [1.807, 2.05) is 0 Å². The van der Waals surface area contributed by atoms with Crippen molar-refractivity contribution in [3.8, 4) is 5.69 Å². The molecule has 0 atom stereocenters. The van der Waals surface area contributed by atoms with E-state index < -0.39 is 5.60 Å². The molecule has 1 amide bonds. The Kier molecular flexibility index (Phi) is 4.17. The van der Waals surface area contributed by atoms with Gasteiger partial charge in [-0.3, -0.25) is 4.79 Å². The van der Waals surface area contributed by atoms with Crippen LogP contribution in [0.1, 0.15) is 42.0 Å². The molecule has 0 unspecified atom stereocenters. The van der Waals surface area contributed by atoms with E-state index in [-0.39, 0.29) is 18.3 Å². The summed E-state index contributed by atoms with van der Waals surface area (Å²) < 4.78 is 15.7. The number of carbonyl (C=O) groups is 1. The van der Waals surface area contributed by atoms with Gasteiger partial charge in [0.15, 0.2) is 5.69 Å². The number of amides is 1. The molecule has 0 radical (unpaired) electrons. The van der Waals surface area contributed by atoms with Crippen molar-refractivity contribution in [1.82, 2.24) is 14.7 Å². The zero-order valence-electron chi connectivity index (χ0n) is 14.2. The minimum atomic E-state index is -0.984. The van der Waals surface area contributed by atoms with Gasteiger partial charge in [-0.1, -0.05) is 12.1 Å². The first-order valence-electron chi connectivity index (χ1n) is 8.11. The van der Waals surface area contributed by atoms with Crippen LogP contribution in [0.4, 0.5) is 4.39 Å². The highest BCUT2D eigenvalue weighted by molar-refractivity contribution is 5.94. The maximum atomic E-state index is 14.1. The third kappa shape index (κ3) is 3.06. The average Bonchev–Trinajstić information content (AvgIpc) is 3.07. The first-order valence-corrected chi connectivity index (χ1v) is 8.11. The van der Waals surface area contributed by atoms with Crippen LogP contribution in [0.5, 0.6) is 0 Å². The van der Waals surface area contributed by atoms with Crippen LogP contribution < -0.4 is 0 Å². The molecule has 1 heterocycles. The lowest BCUT2D eigenvalue weighted by Gasteiger charge is -2.25. The van der Waals surface area contributed by atoms with E-state index in [1.54, 1.807) is 43.8 Å². The summed E-state index contributed by atoms with van der Waals surface area (Å²) in [6.45, 7) is 3.51. The van der Waals surface area contributed by atoms with Gasteiger partial charge in [-0.25, -0.2) is 9.07 Å². The van der Waals surface area contributed by atoms with Crippen LogP contribution in [0.15, 0.2) is 24.3 Å². The van der Waals surface area contributed by atoms with Crippen molar-refractivity contribution in [2.24, 2.45) is 0 Å². The van der Waals surface area contributed by atoms with Crippen molar-refractivity contribution >= 4 is 5.91 Å². The van der Waals surface area contributed by atoms with Crippen LogP contribution in [0.2, 0.25) is 0 Å². The Balaban J connectivity index is 2.01. The van der Waals surface area contributed by atoms with Crippen LogP contribution in [-0.2, 0) is 12.8 Å². The number of hydrogen-bond donors (Lipinski definition) is 1. The molecule has 3 rings (SSSR count). The van der Waals surface area contributed by atoms with E-state index in [0.717, 1.165) is 30.5 Å². The van der Waals surface area contributed by atoms with Crippen molar-refractivity contribution < 1.29 is 14.3 Å². The van der Waals surface area contributed by atoms with Gasteiger partial charge in [-0.2, -0.15) is 5.10 Å². The summed E-state index contributed by atoms with van der Waals surface area (Å²) in [5, 5.41) is 14.3. The van der Waals surface area contributed by atoms with E-state index in [2.05, 4.69) is 5.10 Å². The van der Waals surface area contributed by atoms with Crippen molar-refractivity contribution in [2.45, 2.75) is 38.7 Å². The van der Waals surface area contributed by atoms with Gasteiger partial charge in [-0.15, -0.1) is 0 Å². The van der Waals surface area contributed by atoms with Gasteiger partial charge in [-0.05, 0) is 45.2 Å². The molecular formula is C18H22FN3O2. The predicted octanol–water partition coefficient (Wildman–Crippen LogP) is 2.34. The third-order valence-electron chi connectivity index (χ3n) is 4.18. The largest absolute Gasteiger partial charge is 0.389 e. The Morgan fingerprint density at radius 3 is 2.75 bits per heavy atom. The van der Waals surface area contributed by atoms with E-state index in [4.69, 9.17) is 0 Å². The molecule has 0 bridgehead atoms. The fourth-order valence-electron chi connectivity index (χ4n) is 3.26. The number of para-hydroxylation sites is 1. The lowest BCUT2D eigenvalue weighted by molar-refractivity contribution is 0.0364. The van der Waals surface area contributed by atoms with Crippen molar-refractivity contribution in [3.63, 3.8) is 0 Å². The number of nitrogens with zero attached hydrogens (tertiary/aromatic N) is 3. The van der Waals surface area contributed by atoms with Crippen LogP contribution in [-0.4, -0.2) is 44.9 Å². The van der Waals surface area contributed by atoms with Crippen molar-refractivity contribution in [2.75, 3.05) is 13.6 Å². The first-order chi connectivity index (χ1) is 11.3. The Labute approximate surface area is 140 Å². The highest BCUT2D eigenvalue weighted by Gasteiger charge is 2.30. The second-order valence-electron chi connectivity index (χ2n) is 6.96. The Hall–Kier alpha value is -2.21. The summed E-state index contributed by atoms with van der Waals surface area (Å²) in [7, 11) is 1.64. The maximum absolute atomic E-state index is 14.1. The smallest absolute Gasteiger partial charge is 0.274 e. The van der Waals surface area contributed by atoms with Crippen LogP contribution in [0.3, 0.4) is 0 Å². The van der Waals surface area contributed by atoms with Crippen LogP contribution in [0, 0.1) is 5.82 Å². The number of halogens is 1. The van der Waals surface area contributed by atoms with Crippen molar-refractivity contribution in [3.05, 3.63) is 47.0 Å². The molecule has 0 saturated heterocycles. The van der Waals surface area contributed by atoms with Gasteiger partial charge < -0.3 is 10.0 Å². The Bertz CT molecular complexity index is 777. The molecule has 1 N–H and O–H groups in total. The maximum Gasteiger partial charge on any atom is 0.274 e. The molecule has 1 aliphatic carbocycles. The number of carbonyl (C=O) groups excluding carboxylic acids is 1. The molecule has 1 aromatic carbocycles. The SMILES string of the molecule is CN(CC(C)(C)O)C(=O)c1nn(-c2ccccc2F)c2c1CCC2. The van der Waals surface area contributed by atoms with Crippen molar-refractivity contribution in [1.29, 1.82) is 0 Å². The van der Waals surface area contributed by atoms with Gasteiger partial charge in [0.25, 0.3) is 5.91 Å². The van der Waals surface area contributed by atoms with E-state index in [1.165, 1.54) is 11.0 Å². The summed E-state index contributed by atoms with van der Waals surface area (Å²) >= 11 is 0. The molecule has 1 aliphatic rings. The molecule has 2 aromatic rings. The minimum absolute atomic E-state index is 0.202. The number of aromatic nitrogens is 2. The standard InChI is InChI=1S/C18H22FN3O2/c1-18(2,24)11-21(3)17(23)16-12-7-6-10-14(12)22(20-16)15-9-5-4-8-13(15)19/h4-5,8-9,24H,6-7,10-11H2,1-3H3. The number of rotatable bonds is 4. The molecule has 5 nitrogen and oxygen atoms in total. The van der Waals surface area contributed by atoms with E-state index in [9.17, 15) is 14.3 Å². The van der Waals surface area contributed by atoms with Gasteiger partial charge in [0.1, 0.15) is 11.5 Å². The highest BCUT2D eigenvalue weighted by atomic mass is 19.1. The molecule has 0 spiro atoms. The molecule has 6 heteroatoms. The molecule has 0 fully saturated rings. The fourth-order valence-corrected chi connectivity index (χ4v) is 3.26. The molecule has 128 valence electrons. The number of benzene rings is 1. The second-order valence-corrected chi connectivity index (χ2v) is 6.96. The second kappa shape index (κ2) is 6.02. The fraction of sp³-hybridized carbons (Fsp3) is 0.444. The molecular weight excluding hydrogens is 309 g/mol. The van der Waals surface area contributed by atoms with Gasteiger partial charge in [0.05, 0.1) is 5.60 Å². The van der Waals surface area contributed by atoms with Gasteiger partial charge in [0, 0.05) is 24.8 Å². The molecule has 1 aromatic heterocycles. The van der Waals surface area contributed by atoms with E-state index >= 15 is 0 Å². The zero-order chi connectivity index (χ0) is 17.5. The third-order valence-corrected chi connectivity index (χ3v) is 4.18. The number of fused-ring (bicyclic) bond motifs is 1. The number of hydrogen-bond acceptors (Lipinski definition) is 3. The molecule has 0 saturated carbocycles. The normalized spacial score (nSPS) is 13.9. The lowest BCUT2D eigenvalue weighted by atomic mass is 10.1. The number of aliphatic hydroxyl groups is 1. The summed E-state index contributed by atoms with van der Waals surface area (Å²) in [4.78, 5) is 14.2. The molecule has 24 heavy (non-hydrogen) atoms. The quantitative estimate of drug-likeness (QED) is 0.935. The Morgan fingerprint density at radius 2 is 2.08 bits per heavy atom. The topological polar surface area (TPSA) is 58.4 Å². The molecule has 0 aliphatic heterocycles.